The number of nitrogens with zero attached hydrogens (tertiary/aromatic N) is 2. The summed E-state index contributed by atoms with van der Waals surface area (Å²) in [6.45, 7) is 1.39. The molecule has 0 aromatic heterocycles. The number of amides is 1. The number of carbonyl (C=O) groups excluding carboxylic acids is 1. The van der Waals surface area contributed by atoms with Gasteiger partial charge in [-0.05, 0) is 66.5 Å². The molecule has 0 saturated heterocycles. The minimum atomic E-state index is -0.969. The lowest BCUT2D eigenvalue weighted by atomic mass is 9.82. The van der Waals surface area contributed by atoms with Crippen molar-refractivity contribution in [2.24, 2.45) is 5.92 Å². The first-order chi connectivity index (χ1) is 17.5. The van der Waals surface area contributed by atoms with Crippen LogP contribution in [0.25, 0.3) is 0 Å². The van der Waals surface area contributed by atoms with Gasteiger partial charge in [-0.2, -0.15) is 0 Å². The molecule has 0 saturated carbocycles. The van der Waals surface area contributed by atoms with Gasteiger partial charge in [-0.25, -0.2) is 4.79 Å². The van der Waals surface area contributed by atoms with Crippen molar-refractivity contribution in [3.63, 3.8) is 0 Å². The Labute approximate surface area is 213 Å². The fourth-order valence-electron chi connectivity index (χ4n) is 4.83. The van der Waals surface area contributed by atoms with Gasteiger partial charge < -0.3 is 19.6 Å². The highest BCUT2D eigenvalue weighted by atomic mass is 16.5. The molecule has 0 aliphatic heterocycles. The van der Waals surface area contributed by atoms with Gasteiger partial charge in [-0.1, -0.05) is 60.7 Å². The number of carbonyl (C=O) groups is 2. The van der Waals surface area contributed by atoms with E-state index in [9.17, 15) is 9.59 Å². The van der Waals surface area contributed by atoms with Gasteiger partial charge in [0.1, 0.15) is 5.75 Å². The maximum absolute atomic E-state index is 13.2. The Morgan fingerprint density at radius 3 is 2.42 bits per heavy atom. The molecule has 0 spiro atoms. The summed E-state index contributed by atoms with van der Waals surface area (Å²) in [6, 6.07) is 26.2. The zero-order valence-electron chi connectivity index (χ0n) is 20.8. The number of carboxylic acid groups (broad SMARTS) is 1. The number of likely N-dealkylation sites (N-methyl/N-ethyl adjacent to an activating group) is 1. The SMILES string of the molecule is CN(CCC1CCc2c(cccc2OCC(=O)O)C1)C(=O)CN(Cc1ccccc1)c1ccccc1. The molecule has 4 rings (SSSR count). The van der Waals surface area contributed by atoms with Crippen LogP contribution in [0.4, 0.5) is 5.69 Å². The summed E-state index contributed by atoms with van der Waals surface area (Å²) in [7, 11) is 1.89. The molecular formula is C30H34N2O4. The van der Waals surface area contributed by atoms with Gasteiger partial charge in [0.05, 0.1) is 6.54 Å². The van der Waals surface area contributed by atoms with Crippen LogP contribution >= 0.6 is 0 Å². The predicted molar refractivity (Wildman–Crippen MR) is 141 cm³/mol. The Morgan fingerprint density at radius 2 is 1.69 bits per heavy atom. The maximum atomic E-state index is 13.2. The number of ether oxygens (including phenoxy) is 1. The summed E-state index contributed by atoms with van der Waals surface area (Å²) in [5.41, 5.74) is 4.55. The molecule has 3 aromatic rings. The van der Waals surface area contributed by atoms with E-state index < -0.39 is 5.97 Å². The van der Waals surface area contributed by atoms with E-state index >= 15 is 0 Å². The summed E-state index contributed by atoms with van der Waals surface area (Å²) in [5.74, 6) is 0.302. The van der Waals surface area contributed by atoms with Crippen LogP contribution in [-0.4, -0.2) is 48.6 Å². The van der Waals surface area contributed by atoms with Crippen molar-refractivity contribution in [3.05, 3.63) is 95.6 Å². The molecular weight excluding hydrogens is 452 g/mol. The van der Waals surface area contributed by atoms with E-state index in [2.05, 4.69) is 23.1 Å². The van der Waals surface area contributed by atoms with E-state index in [1.807, 2.05) is 72.6 Å². The number of anilines is 1. The summed E-state index contributed by atoms with van der Waals surface area (Å²) < 4.78 is 5.49. The van der Waals surface area contributed by atoms with Gasteiger partial charge >= 0.3 is 5.97 Å². The predicted octanol–water partition coefficient (Wildman–Crippen LogP) is 4.81. The third kappa shape index (κ3) is 6.87. The highest BCUT2D eigenvalue weighted by Crippen LogP contribution is 2.33. The minimum Gasteiger partial charge on any atom is -0.482 e. The highest BCUT2D eigenvalue weighted by Gasteiger charge is 2.23. The number of fused-ring (bicyclic) bond motifs is 1. The van der Waals surface area contributed by atoms with Crippen molar-refractivity contribution < 1.29 is 19.4 Å². The molecule has 1 aliphatic carbocycles. The quantitative estimate of drug-likeness (QED) is 0.421. The van der Waals surface area contributed by atoms with Crippen LogP contribution in [0.5, 0.6) is 5.75 Å². The summed E-state index contributed by atoms with van der Waals surface area (Å²) in [4.78, 5) is 28.0. The van der Waals surface area contributed by atoms with Crippen molar-refractivity contribution >= 4 is 17.6 Å². The van der Waals surface area contributed by atoms with Crippen LogP contribution in [0, 0.1) is 5.92 Å². The molecule has 188 valence electrons. The first-order valence-electron chi connectivity index (χ1n) is 12.5. The number of rotatable bonds is 11. The number of aliphatic carboxylic acids is 1. The average molecular weight is 487 g/mol. The van der Waals surface area contributed by atoms with Crippen molar-refractivity contribution in [2.75, 3.05) is 31.6 Å². The normalized spacial score (nSPS) is 14.5. The van der Waals surface area contributed by atoms with Crippen molar-refractivity contribution in [1.82, 2.24) is 4.90 Å². The molecule has 36 heavy (non-hydrogen) atoms. The Bertz CT molecular complexity index is 1150. The van der Waals surface area contributed by atoms with Crippen molar-refractivity contribution in [3.8, 4) is 5.75 Å². The lowest BCUT2D eigenvalue weighted by Crippen LogP contribution is -2.39. The number of carboxylic acids is 1. The van der Waals surface area contributed by atoms with Crippen LogP contribution in [-0.2, 0) is 29.0 Å². The van der Waals surface area contributed by atoms with Crippen LogP contribution in [0.1, 0.15) is 29.5 Å². The topological polar surface area (TPSA) is 70.1 Å². The minimum absolute atomic E-state index is 0.107. The van der Waals surface area contributed by atoms with Gasteiger partial charge in [-0.15, -0.1) is 0 Å². The maximum Gasteiger partial charge on any atom is 0.341 e. The zero-order chi connectivity index (χ0) is 25.3. The lowest BCUT2D eigenvalue weighted by Gasteiger charge is -2.29. The number of benzene rings is 3. The van der Waals surface area contributed by atoms with Gasteiger partial charge in [0, 0.05) is 25.8 Å². The summed E-state index contributed by atoms with van der Waals surface area (Å²) >= 11 is 0. The van der Waals surface area contributed by atoms with Crippen LogP contribution < -0.4 is 9.64 Å². The summed E-state index contributed by atoms with van der Waals surface area (Å²) in [5, 5.41) is 8.92. The number of para-hydroxylation sites is 1. The van der Waals surface area contributed by atoms with E-state index in [0.29, 0.717) is 31.3 Å². The average Bonchev–Trinajstić information content (AvgIpc) is 2.91. The molecule has 1 unspecified atom stereocenters. The van der Waals surface area contributed by atoms with Gasteiger partial charge in [0.2, 0.25) is 5.91 Å². The fraction of sp³-hybridized carbons (Fsp3) is 0.333. The van der Waals surface area contributed by atoms with Crippen molar-refractivity contribution in [2.45, 2.75) is 32.2 Å². The second kappa shape index (κ2) is 12.2. The standard InChI is InChI=1S/C30H34N2O4/c1-31(18-17-23-15-16-27-25(19-23)11-8-14-28(27)36-22-30(34)35)29(33)21-32(26-12-6-3-7-13-26)20-24-9-4-2-5-10-24/h2-14,23H,15-22H2,1H3,(H,34,35). The zero-order valence-corrected chi connectivity index (χ0v) is 20.8. The van der Waals surface area contributed by atoms with Gasteiger partial charge in [0.25, 0.3) is 0 Å². The Morgan fingerprint density at radius 1 is 0.972 bits per heavy atom. The van der Waals surface area contributed by atoms with Crippen LogP contribution in [0.2, 0.25) is 0 Å². The molecule has 0 radical (unpaired) electrons. The molecule has 6 nitrogen and oxygen atoms in total. The first-order valence-corrected chi connectivity index (χ1v) is 12.5. The smallest absolute Gasteiger partial charge is 0.341 e. The largest absolute Gasteiger partial charge is 0.482 e. The van der Waals surface area contributed by atoms with Gasteiger partial charge in [-0.3, -0.25) is 4.79 Å². The van der Waals surface area contributed by atoms with E-state index in [1.54, 1.807) is 0 Å². The molecule has 1 atom stereocenters. The lowest BCUT2D eigenvalue weighted by molar-refractivity contribution is -0.139. The van der Waals surface area contributed by atoms with E-state index in [-0.39, 0.29) is 12.5 Å². The highest BCUT2D eigenvalue weighted by molar-refractivity contribution is 5.81. The molecule has 3 aromatic carbocycles. The third-order valence-electron chi connectivity index (χ3n) is 6.85. The molecule has 1 aliphatic rings. The monoisotopic (exact) mass is 486 g/mol. The molecule has 0 fully saturated rings. The Hall–Kier alpha value is -3.80. The first kappa shape index (κ1) is 25.3. The molecule has 6 heteroatoms. The Balaban J connectivity index is 1.33. The Kier molecular flexibility index (Phi) is 8.61. The number of hydrogen-bond acceptors (Lipinski definition) is 4. The number of hydrogen-bond donors (Lipinski definition) is 1. The molecule has 0 bridgehead atoms. The third-order valence-corrected chi connectivity index (χ3v) is 6.85. The second-order valence-corrected chi connectivity index (χ2v) is 9.47. The second-order valence-electron chi connectivity index (χ2n) is 9.47. The van der Waals surface area contributed by atoms with E-state index in [1.165, 1.54) is 11.1 Å². The molecule has 1 amide bonds. The van der Waals surface area contributed by atoms with Crippen molar-refractivity contribution in [1.29, 1.82) is 0 Å². The molecule has 1 N–H and O–H groups in total. The van der Waals surface area contributed by atoms with E-state index in [0.717, 1.165) is 36.9 Å². The van der Waals surface area contributed by atoms with Crippen LogP contribution in [0.15, 0.2) is 78.9 Å². The molecule has 0 heterocycles. The van der Waals surface area contributed by atoms with Crippen LogP contribution in [0.3, 0.4) is 0 Å². The van der Waals surface area contributed by atoms with Gasteiger partial charge in [0.15, 0.2) is 6.61 Å². The summed E-state index contributed by atoms with van der Waals surface area (Å²) in [6.07, 6.45) is 3.73. The fourth-order valence-corrected chi connectivity index (χ4v) is 4.83. The van der Waals surface area contributed by atoms with E-state index in [4.69, 9.17) is 9.84 Å².